The van der Waals surface area contributed by atoms with Crippen LogP contribution in [0.5, 0.6) is 0 Å². The first-order chi connectivity index (χ1) is 10.5. The minimum Gasteiger partial charge on any atom is -0.273 e. The van der Waals surface area contributed by atoms with Crippen molar-refractivity contribution in [2.75, 3.05) is 0 Å². The molecule has 0 radical (unpaired) electrons. The van der Waals surface area contributed by atoms with E-state index in [4.69, 9.17) is 11.6 Å². The summed E-state index contributed by atoms with van der Waals surface area (Å²) in [5.74, 6) is -1.18. The highest BCUT2D eigenvalue weighted by Crippen LogP contribution is 2.09. The predicted molar refractivity (Wildman–Crippen MR) is 81.5 cm³/mol. The van der Waals surface area contributed by atoms with E-state index in [1.807, 2.05) is 0 Å². The van der Waals surface area contributed by atoms with Gasteiger partial charge in [0, 0.05) is 5.02 Å². The molecule has 2 aromatic carbocycles. The van der Waals surface area contributed by atoms with Crippen LogP contribution in [0.4, 0.5) is 4.39 Å². The lowest BCUT2D eigenvalue weighted by Crippen LogP contribution is -2.43. The molecule has 0 unspecified atom stereocenters. The molecule has 0 saturated carbocycles. The Morgan fingerprint density at radius 1 is 0.909 bits per heavy atom. The number of halogens is 2. The minimum atomic E-state index is -0.421. The largest absolute Gasteiger partial charge is 0.273 e. The number of nitrogens with one attached hydrogen (secondary N) is 2. The summed E-state index contributed by atoms with van der Waals surface area (Å²) in [4.78, 5) is 23.3. The first kappa shape index (κ1) is 16.0. The second-order valence-electron chi connectivity index (χ2n) is 4.71. The molecule has 0 heterocycles. The zero-order valence-electron chi connectivity index (χ0n) is 11.6. The molecule has 0 aliphatic rings. The number of carbonyl (C=O) groups excluding carboxylic acids is 2. The van der Waals surface area contributed by atoms with Crippen LogP contribution in [0, 0.1) is 5.82 Å². The molecule has 0 aliphatic heterocycles. The quantitative estimate of drug-likeness (QED) is 0.850. The van der Waals surface area contributed by atoms with E-state index >= 15 is 0 Å². The molecule has 2 N–H and O–H groups in total. The molecular formula is C16H14ClFN2O2. The van der Waals surface area contributed by atoms with Crippen LogP contribution >= 0.6 is 11.6 Å². The van der Waals surface area contributed by atoms with Crippen molar-refractivity contribution in [2.24, 2.45) is 0 Å². The molecule has 22 heavy (non-hydrogen) atoms. The van der Waals surface area contributed by atoms with Gasteiger partial charge in [0.2, 0.25) is 11.8 Å². The van der Waals surface area contributed by atoms with Gasteiger partial charge < -0.3 is 0 Å². The second-order valence-corrected chi connectivity index (χ2v) is 5.14. The third-order valence-corrected chi connectivity index (χ3v) is 3.12. The van der Waals surface area contributed by atoms with Crippen molar-refractivity contribution in [3.05, 3.63) is 70.5 Å². The maximum Gasteiger partial charge on any atom is 0.242 e. The van der Waals surface area contributed by atoms with Crippen molar-refractivity contribution in [1.29, 1.82) is 0 Å². The molecule has 0 aliphatic carbocycles. The number of amides is 2. The molecule has 0 bridgehead atoms. The molecule has 0 aromatic heterocycles. The zero-order chi connectivity index (χ0) is 15.9. The Balaban J connectivity index is 1.78. The SMILES string of the molecule is O=C(Cc1ccc(Cl)cc1)NNC(=O)Cc1cccc(F)c1. The monoisotopic (exact) mass is 320 g/mol. The van der Waals surface area contributed by atoms with Crippen LogP contribution in [0.3, 0.4) is 0 Å². The topological polar surface area (TPSA) is 58.2 Å². The van der Waals surface area contributed by atoms with Crippen LogP contribution in [-0.4, -0.2) is 11.8 Å². The normalized spacial score (nSPS) is 10.1. The summed E-state index contributed by atoms with van der Waals surface area (Å²) in [5, 5.41) is 0.590. The molecule has 2 rings (SSSR count). The maximum absolute atomic E-state index is 13.0. The van der Waals surface area contributed by atoms with Crippen LogP contribution in [0.1, 0.15) is 11.1 Å². The predicted octanol–water partition coefficient (Wildman–Crippen LogP) is 2.41. The fourth-order valence-electron chi connectivity index (χ4n) is 1.85. The average molecular weight is 321 g/mol. The Morgan fingerprint density at radius 2 is 1.50 bits per heavy atom. The highest BCUT2D eigenvalue weighted by molar-refractivity contribution is 6.30. The van der Waals surface area contributed by atoms with E-state index in [0.29, 0.717) is 10.6 Å². The van der Waals surface area contributed by atoms with Gasteiger partial charge in [0.15, 0.2) is 0 Å². The van der Waals surface area contributed by atoms with Crippen molar-refractivity contribution >= 4 is 23.4 Å². The van der Waals surface area contributed by atoms with Gasteiger partial charge in [0.1, 0.15) is 5.82 Å². The molecular weight excluding hydrogens is 307 g/mol. The van der Waals surface area contributed by atoms with Crippen molar-refractivity contribution in [3.8, 4) is 0 Å². The van der Waals surface area contributed by atoms with Gasteiger partial charge in [-0.3, -0.25) is 20.4 Å². The van der Waals surface area contributed by atoms with Crippen molar-refractivity contribution < 1.29 is 14.0 Å². The third-order valence-electron chi connectivity index (χ3n) is 2.87. The number of carbonyl (C=O) groups is 2. The van der Waals surface area contributed by atoms with Crippen molar-refractivity contribution in [3.63, 3.8) is 0 Å². The van der Waals surface area contributed by atoms with Gasteiger partial charge in [-0.15, -0.1) is 0 Å². The lowest BCUT2D eigenvalue weighted by Gasteiger charge is -2.07. The lowest BCUT2D eigenvalue weighted by atomic mass is 10.1. The van der Waals surface area contributed by atoms with Crippen molar-refractivity contribution in [2.45, 2.75) is 12.8 Å². The molecule has 0 fully saturated rings. The molecule has 4 nitrogen and oxygen atoms in total. The van der Waals surface area contributed by atoms with Gasteiger partial charge in [0.05, 0.1) is 12.8 Å². The summed E-state index contributed by atoms with van der Waals surface area (Å²) in [6.45, 7) is 0. The van der Waals surface area contributed by atoms with Gasteiger partial charge in [-0.25, -0.2) is 4.39 Å². The van der Waals surface area contributed by atoms with E-state index in [1.165, 1.54) is 18.2 Å². The minimum absolute atomic E-state index is 0.0149. The average Bonchev–Trinajstić information content (AvgIpc) is 2.48. The highest BCUT2D eigenvalue weighted by atomic mass is 35.5. The fourth-order valence-corrected chi connectivity index (χ4v) is 1.97. The fraction of sp³-hybridized carbons (Fsp3) is 0.125. The zero-order valence-corrected chi connectivity index (χ0v) is 12.4. The number of benzene rings is 2. The Bertz CT molecular complexity index is 674. The third kappa shape index (κ3) is 5.18. The van der Waals surface area contributed by atoms with E-state index in [9.17, 15) is 14.0 Å². The lowest BCUT2D eigenvalue weighted by molar-refractivity contribution is -0.128. The van der Waals surface area contributed by atoms with Gasteiger partial charge in [0.25, 0.3) is 0 Å². The first-order valence-corrected chi connectivity index (χ1v) is 6.97. The van der Waals surface area contributed by atoms with E-state index < -0.39 is 11.7 Å². The van der Waals surface area contributed by atoms with Crippen molar-refractivity contribution in [1.82, 2.24) is 10.9 Å². The van der Waals surface area contributed by atoms with Crippen LogP contribution < -0.4 is 10.9 Å². The number of hydrazine groups is 1. The Kier molecular flexibility index (Phi) is 5.49. The van der Waals surface area contributed by atoms with Gasteiger partial charge in [-0.05, 0) is 35.4 Å². The highest BCUT2D eigenvalue weighted by Gasteiger charge is 2.07. The maximum atomic E-state index is 13.0. The van der Waals surface area contributed by atoms with Crippen LogP contribution in [0.15, 0.2) is 48.5 Å². The van der Waals surface area contributed by atoms with Gasteiger partial charge in [-0.1, -0.05) is 35.9 Å². The number of hydrogen-bond acceptors (Lipinski definition) is 2. The number of rotatable bonds is 4. The van der Waals surface area contributed by atoms with Gasteiger partial charge >= 0.3 is 0 Å². The molecule has 0 spiro atoms. The first-order valence-electron chi connectivity index (χ1n) is 6.59. The molecule has 2 aromatic rings. The van der Waals surface area contributed by atoms with Crippen LogP contribution in [0.25, 0.3) is 0 Å². The summed E-state index contributed by atoms with van der Waals surface area (Å²) in [7, 11) is 0. The molecule has 2 amide bonds. The Hall–Kier alpha value is -2.40. The summed E-state index contributed by atoms with van der Waals surface area (Å²) in [5.41, 5.74) is 5.92. The Morgan fingerprint density at radius 3 is 2.09 bits per heavy atom. The van der Waals surface area contributed by atoms with Crippen LogP contribution in [0.2, 0.25) is 5.02 Å². The Labute approximate surface area is 132 Å². The molecule has 114 valence electrons. The summed E-state index contributed by atoms with van der Waals surface area (Å²) in [6.07, 6.45) is 0.108. The summed E-state index contributed by atoms with van der Waals surface area (Å²) in [6, 6.07) is 12.6. The standard InChI is InChI=1S/C16H14ClFN2O2/c17-13-6-4-11(5-7-13)9-15(21)19-20-16(22)10-12-2-1-3-14(18)8-12/h1-8H,9-10H2,(H,19,21)(H,20,22). The summed E-state index contributed by atoms with van der Waals surface area (Å²) < 4.78 is 13.0. The van der Waals surface area contributed by atoms with E-state index in [-0.39, 0.29) is 18.7 Å². The van der Waals surface area contributed by atoms with E-state index in [1.54, 1.807) is 30.3 Å². The van der Waals surface area contributed by atoms with Crippen LogP contribution in [-0.2, 0) is 22.4 Å². The second kappa shape index (κ2) is 7.56. The van der Waals surface area contributed by atoms with E-state index in [2.05, 4.69) is 10.9 Å². The molecule has 6 heteroatoms. The van der Waals surface area contributed by atoms with E-state index in [0.717, 1.165) is 5.56 Å². The number of hydrogen-bond donors (Lipinski definition) is 2. The molecule has 0 atom stereocenters. The summed E-state index contributed by atoms with van der Waals surface area (Å²) >= 11 is 5.75. The van der Waals surface area contributed by atoms with Gasteiger partial charge in [-0.2, -0.15) is 0 Å². The smallest absolute Gasteiger partial charge is 0.242 e. The molecule has 0 saturated heterocycles.